The van der Waals surface area contributed by atoms with Crippen LogP contribution in [0.1, 0.15) is 46.1 Å². The van der Waals surface area contributed by atoms with E-state index in [0.29, 0.717) is 28.4 Å². The van der Waals surface area contributed by atoms with Crippen LogP contribution in [-0.2, 0) is 19.2 Å². The monoisotopic (exact) mass is 598 g/mol. The Labute approximate surface area is 260 Å². The summed E-state index contributed by atoms with van der Waals surface area (Å²) < 4.78 is 11.1. The molecule has 2 saturated heterocycles. The average molecular weight is 599 g/mol. The number of benzene rings is 4. The highest BCUT2D eigenvalue weighted by Crippen LogP contribution is 2.61. The molecular formula is C37H30N2O6. The first-order chi connectivity index (χ1) is 21.9. The van der Waals surface area contributed by atoms with Gasteiger partial charge in [-0.15, -0.1) is 0 Å². The molecule has 9 rings (SSSR count). The topological polar surface area (TPSA) is 93.2 Å². The van der Waals surface area contributed by atoms with Gasteiger partial charge in [-0.25, -0.2) is 4.90 Å². The molecule has 3 atom stereocenters. The van der Waals surface area contributed by atoms with Crippen LogP contribution in [0.2, 0.25) is 0 Å². The Bertz CT molecular complexity index is 1820. The lowest BCUT2D eigenvalue weighted by Crippen LogP contribution is -2.41. The number of aryl methyl sites for hydroxylation is 1. The SMILES string of the molecule is COc1ccccc1N1C[C@H](C(=O)Oc2ccc(N3C(=O)[C@@H]4C5c6ccccc6C(c6ccccc65)[C@H]4C3=O)c(C)c2)CC1=O. The third kappa shape index (κ3) is 3.98. The molecule has 2 heterocycles. The summed E-state index contributed by atoms with van der Waals surface area (Å²) in [6, 6.07) is 28.5. The Hall–Kier alpha value is -5.24. The molecule has 0 N–H and O–H groups in total. The Kier molecular flexibility index (Phi) is 6.17. The lowest BCUT2D eigenvalue weighted by Gasteiger charge is -2.45. The van der Waals surface area contributed by atoms with E-state index in [1.54, 1.807) is 42.2 Å². The minimum Gasteiger partial charge on any atom is -0.495 e. The molecule has 2 aliphatic heterocycles. The molecule has 0 radical (unpaired) electrons. The van der Waals surface area contributed by atoms with Crippen LogP contribution in [0.15, 0.2) is 91.0 Å². The van der Waals surface area contributed by atoms with Crippen LogP contribution in [0.5, 0.6) is 11.5 Å². The molecule has 4 aromatic rings. The standard InChI is InChI=1S/C37H30N2O6/c1-20-17-22(45-37(43)21-18-30(40)38(19-21)28-13-7-8-14-29(28)44-2)15-16-27(20)39-35(41)33-31-23-9-3-4-10-24(23)32(34(33)36(39)42)26-12-6-5-11-25(26)31/h3-17,21,31-34H,18-19H2,1-2H3/t21-,31?,32?,33-,34-/m1/s1. The van der Waals surface area contributed by atoms with Crippen molar-refractivity contribution >= 4 is 35.1 Å². The number of rotatable bonds is 5. The van der Waals surface area contributed by atoms with E-state index in [4.69, 9.17) is 9.47 Å². The van der Waals surface area contributed by atoms with E-state index >= 15 is 0 Å². The van der Waals surface area contributed by atoms with Gasteiger partial charge in [-0.3, -0.25) is 19.2 Å². The van der Waals surface area contributed by atoms with Crippen LogP contribution in [0.3, 0.4) is 0 Å². The van der Waals surface area contributed by atoms with Gasteiger partial charge >= 0.3 is 5.97 Å². The molecule has 2 fully saturated rings. The Morgan fingerprint density at radius 3 is 1.84 bits per heavy atom. The van der Waals surface area contributed by atoms with Crippen LogP contribution in [-0.4, -0.2) is 37.3 Å². The van der Waals surface area contributed by atoms with E-state index < -0.39 is 23.7 Å². The Morgan fingerprint density at radius 2 is 1.29 bits per heavy atom. The lowest BCUT2D eigenvalue weighted by atomic mass is 9.55. The number of hydrogen-bond acceptors (Lipinski definition) is 6. The summed E-state index contributed by atoms with van der Waals surface area (Å²) in [4.78, 5) is 57.2. The first-order valence-corrected chi connectivity index (χ1v) is 15.2. The number of carbonyl (C=O) groups is 4. The van der Waals surface area contributed by atoms with Crippen molar-refractivity contribution in [3.63, 3.8) is 0 Å². The smallest absolute Gasteiger partial charge is 0.316 e. The van der Waals surface area contributed by atoms with Crippen LogP contribution < -0.4 is 19.3 Å². The number of imide groups is 1. The summed E-state index contributed by atoms with van der Waals surface area (Å²) in [7, 11) is 1.54. The number of esters is 1. The first-order valence-electron chi connectivity index (χ1n) is 15.2. The summed E-state index contributed by atoms with van der Waals surface area (Å²) in [6.07, 6.45) is 0.0284. The van der Waals surface area contributed by atoms with Crippen molar-refractivity contribution in [2.75, 3.05) is 23.5 Å². The van der Waals surface area contributed by atoms with Gasteiger partial charge in [0.05, 0.1) is 36.2 Å². The summed E-state index contributed by atoms with van der Waals surface area (Å²) in [5, 5.41) is 0. The number of amides is 3. The predicted molar refractivity (Wildman–Crippen MR) is 166 cm³/mol. The van der Waals surface area contributed by atoms with Gasteiger partial charge in [0.2, 0.25) is 17.7 Å². The highest BCUT2D eigenvalue weighted by molar-refractivity contribution is 6.23. The fraction of sp³-hybridized carbons (Fsp3) is 0.243. The number of methoxy groups -OCH3 is 1. The van der Waals surface area contributed by atoms with Gasteiger partial charge in [-0.2, -0.15) is 0 Å². The molecule has 0 spiro atoms. The summed E-state index contributed by atoms with van der Waals surface area (Å²) in [5.41, 5.74) is 6.24. The first kappa shape index (κ1) is 27.3. The number of nitrogens with zero attached hydrogens (tertiary/aromatic N) is 2. The second-order valence-corrected chi connectivity index (χ2v) is 12.2. The Morgan fingerprint density at radius 1 is 0.733 bits per heavy atom. The number of anilines is 2. The van der Waals surface area contributed by atoms with Gasteiger partial charge in [0.25, 0.3) is 0 Å². The predicted octanol–water partition coefficient (Wildman–Crippen LogP) is 5.36. The van der Waals surface area contributed by atoms with Crippen LogP contribution in [0, 0.1) is 24.7 Å². The maximum Gasteiger partial charge on any atom is 0.316 e. The Balaban J connectivity index is 1.04. The van der Waals surface area contributed by atoms with Crippen LogP contribution >= 0.6 is 0 Å². The van der Waals surface area contributed by atoms with Crippen LogP contribution in [0.4, 0.5) is 11.4 Å². The summed E-state index contributed by atoms with van der Waals surface area (Å²) in [5.74, 6) is -2.21. The second kappa shape index (κ2) is 10.2. The van der Waals surface area contributed by atoms with Gasteiger partial charge in [-0.05, 0) is 65.1 Å². The minimum absolute atomic E-state index is 0.0284. The number of carbonyl (C=O) groups excluding carboxylic acids is 4. The molecule has 8 nitrogen and oxygen atoms in total. The zero-order valence-corrected chi connectivity index (χ0v) is 24.8. The van der Waals surface area contributed by atoms with E-state index in [1.165, 1.54) is 12.0 Å². The molecule has 0 aromatic heterocycles. The number of hydrogen-bond donors (Lipinski definition) is 0. The maximum absolute atomic E-state index is 14.1. The van der Waals surface area contributed by atoms with E-state index in [-0.39, 0.29) is 42.5 Å². The molecule has 2 bridgehead atoms. The largest absolute Gasteiger partial charge is 0.495 e. The van der Waals surface area contributed by atoms with E-state index in [0.717, 1.165) is 22.3 Å². The molecule has 5 aliphatic rings. The second-order valence-electron chi connectivity index (χ2n) is 12.2. The highest BCUT2D eigenvalue weighted by Gasteiger charge is 2.61. The van der Waals surface area contributed by atoms with Crippen molar-refractivity contribution in [3.8, 4) is 11.5 Å². The fourth-order valence-electron chi connectivity index (χ4n) is 8.01. The van der Waals surface area contributed by atoms with E-state index in [1.807, 2.05) is 36.4 Å². The molecular weight excluding hydrogens is 568 g/mol. The van der Waals surface area contributed by atoms with Crippen molar-refractivity contribution in [1.29, 1.82) is 0 Å². The van der Waals surface area contributed by atoms with E-state index in [9.17, 15) is 19.2 Å². The van der Waals surface area contributed by atoms with Crippen molar-refractivity contribution in [2.24, 2.45) is 17.8 Å². The normalized spacial score (nSPS) is 24.4. The minimum atomic E-state index is -0.647. The van der Waals surface area contributed by atoms with Gasteiger partial charge in [0, 0.05) is 24.8 Å². The maximum atomic E-state index is 14.1. The zero-order chi connectivity index (χ0) is 31.0. The summed E-state index contributed by atoms with van der Waals surface area (Å²) >= 11 is 0. The van der Waals surface area contributed by atoms with Crippen molar-refractivity contribution in [2.45, 2.75) is 25.2 Å². The van der Waals surface area contributed by atoms with Gasteiger partial charge in [0.1, 0.15) is 11.5 Å². The molecule has 224 valence electrons. The summed E-state index contributed by atoms with van der Waals surface area (Å²) in [6.45, 7) is 1.98. The molecule has 3 amide bonds. The molecule has 0 saturated carbocycles. The molecule has 8 heteroatoms. The quantitative estimate of drug-likeness (QED) is 0.175. The molecule has 4 aromatic carbocycles. The number of para-hydroxylation sites is 2. The van der Waals surface area contributed by atoms with Gasteiger partial charge in [-0.1, -0.05) is 60.7 Å². The average Bonchev–Trinajstić information content (AvgIpc) is 3.58. The van der Waals surface area contributed by atoms with Gasteiger partial charge in [0.15, 0.2) is 0 Å². The fourth-order valence-corrected chi connectivity index (χ4v) is 8.01. The molecule has 3 aliphatic carbocycles. The van der Waals surface area contributed by atoms with Crippen molar-refractivity contribution in [1.82, 2.24) is 0 Å². The lowest BCUT2D eigenvalue weighted by molar-refractivity contribution is -0.139. The van der Waals surface area contributed by atoms with Crippen molar-refractivity contribution < 1.29 is 28.7 Å². The highest BCUT2D eigenvalue weighted by atomic mass is 16.5. The van der Waals surface area contributed by atoms with Crippen molar-refractivity contribution in [3.05, 3.63) is 119 Å². The van der Waals surface area contributed by atoms with E-state index in [2.05, 4.69) is 24.3 Å². The molecule has 45 heavy (non-hydrogen) atoms. The van der Waals surface area contributed by atoms with Gasteiger partial charge < -0.3 is 14.4 Å². The number of ether oxygens (including phenoxy) is 2. The molecule has 0 unspecified atom stereocenters. The third-order valence-electron chi connectivity index (χ3n) is 9.91. The third-order valence-corrected chi connectivity index (χ3v) is 9.91. The zero-order valence-electron chi connectivity index (χ0n) is 24.8. The van der Waals surface area contributed by atoms with Crippen LogP contribution in [0.25, 0.3) is 0 Å².